The summed E-state index contributed by atoms with van der Waals surface area (Å²) < 4.78 is 15.2. The topological polar surface area (TPSA) is 113 Å². The molecule has 0 aliphatic carbocycles. The number of carbonyl (C=O) groups is 3. The Hall–Kier alpha value is -4.06. The van der Waals surface area contributed by atoms with Gasteiger partial charge in [-0.25, -0.2) is 4.79 Å². The zero-order chi connectivity index (χ0) is 22.2. The van der Waals surface area contributed by atoms with Crippen molar-refractivity contribution < 1.29 is 28.3 Å². The maximum atomic E-state index is 12.4. The number of benzene rings is 1. The first kappa shape index (κ1) is 21.6. The van der Waals surface area contributed by atoms with Crippen LogP contribution in [0, 0.1) is 11.3 Å². The van der Waals surface area contributed by atoms with E-state index >= 15 is 0 Å². The van der Waals surface area contributed by atoms with E-state index in [-0.39, 0.29) is 23.1 Å². The predicted octanol–water partition coefficient (Wildman–Crippen LogP) is 1.72. The number of hydrogen-bond acceptors (Lipinski definition) is 7. The van der Waals surface area contributed by atoms with Crippen molar-refractivity contribution in [3.8, 4) is 11.8 Å². The number of nitriles is 1. The molecule has 1 aromatic heterocycles. The van der Waals surface area contributed by atoms with E-state index in [2.05, 4.69) is 0 Å². The highest BCUT2D eigenvalue weighted by molar-refractivity contribution is 5.98. The first-order chi connectivity index (χ1) is 15.0. The van der Waals surface area contributed by atoms with Gasteiger partial charge in [0.1, 0.15) is 17.4 Å². The second kappa shape index (κ2) is 10.1. The second-order valence-corrected chi connectivity index (χ2v) is 6.67. The molecule has 0 bridgehead atoms. The van der Waals surface area contributed by atoms with Gasteiger partial charge in [-0.05, 0) is 35.9 Å². The van der Waals surface area contributed by atoms with Crippen LogP contribution in [0.3, 0.4) is 0 Å². The van der Waals surface area contributed by atoms with Crippen LogP contribution < -0.4 is 4.74 Å². The lowest BCUT2D eigenvalue weighted by atomic mass is 10.1. The zero-order valence-corrected chi connectivity index (χ0v) is 16.9. The fraction of sp³-hybridized carbons (Fsp3) is 0.273. The van der Waals surface area contributed by atoms with Crippen molar-refractivity contribution in [1.29, 1.82) is 5.26 Å². The molecule has 0 unspecified atom stereocenters. The Balaban J connectivity index is 1.49. The molecular weight excluding hydrogens is 402 g/mol. The van der Waals surface area contributed by atoms with Crippen molar-refractivity contribution in [2.75, 3.05) is 39.9 Å². The van der Waals surface area contributed by atoms with Crippen molar-refractivity contribution in [1.82, 2.24) is 9.80 Å². The molecule has 0 N–H and O–H groups in total. The van der Waals surface area contributed by atoms with Gasteiger partial charge in [0.05, 0.1) is 13.4 Å². The molecule has 2 aromatic rings. The highest BCUT2D eigenvalue weighted by atomic mass is 16.5. The summed E-state index contributed by atoms with van der Waals surface area (Å²) in [6, 6.07) is 11.8. The van der Waals surface area contributed by atoms with Crippen LogP contribution in [0.15, 0.2) is 52.7 Å². The molecule has 9 nitrogen and oxygen atoms in total. The summed E-state index contributed by atoms with van der Waals surface area (Å²) in [4.78, 5) is 39.9. The first-order valence-corrected chi connectivity index (χ1v) is 9.55. The summed E-state index contributed by atoms with van der Waals surface area (Å²) >= 11 is 0. The molecule has 160 valence electrons. The number of esters is 1. The molecule has 3 rings (SSSR count). The minimum atomic E-state index is -0.877. The van der Waals surface area contributed by atoms with Crippen LogP contribution in [0.4, 0.5) is 0 Å². The van der Waals surface area contributed by atoms with Gasteiger partial charge < -0.3 is 23.7 Å². The molecule has 1 saturated heterocycles. The van der Waals surface area contributed by atoms with Gasteiger partial charge in [-0.15, -0.1) is 0 Å². The van der Waals surface area contributed by atoms with Crippen LogP contribution in [0.5, 0.6) is 5.75 Å². The largest absolute Gasteiger partial charge is 0.497 e. The second-order valence-electron chi connectivity index (χ2n) is 6.67. The fourth-order valence-corrected chi connectivity index (χ4v) is 3.01. The molecule has 0 radical (unpaired) electrons. The first-order valence-electron chi connectivity index (χ1n) is 9.55. The summed E-state index contributed by atoms with van der Waals surface area (Å²) in [6.07, 6.45) is 2.81. The number of hydrogen-bond donors (Lipinski definition) is 0. The van der Waals surface area contributed by atoms with Crippen LogP contribution in [-0.4, -0.2) is 67.5 Å². The molecule has 0 atom stereocenters. The molecular formula is C22H21N3O6. The normalized spacial score (nSPS) is 14.0. The van der Waals surface area contributed by atoms with E-state index in [0.717, 1.165) is 0 Å². The SMILES string of the molecule is COc1ccc(C=C(C#N)C(=O)OCC(=O)N2CCN(C(=O)c3ccco3)CC2)cc1. The lowest BCUT2D eigenvalue weighted by Gasteiger charge is -2.34. The van der Waals surface area contributed by atoms with E-state index < -0.39 is 12.6 Å². The molecule has 9 heteroatoms. The number of methoxy groups -OCH3 is 1. The van der Waals surface area contributed by atoms with E-state index in [1.807, 2.05) is 0 Å². The lowest BCUT2D eigenvalue weighted by molar-refractivity contribution is -0.149. The van der Waals surface area contributed by atoms with Crippen LogP contribution in [0.25, 0.3) is 6.08 Å². The predicted molar refractivity (Wildman–Crippen MR) is 109 cm³/mol. The number of nitrogens with zero attached hydrogens (tertiary/aromatic N) is 3. The van der Waals surface area contributed by atoms with Gasteiger partial charge in [0.2, 0.25) is 0 Å². The molecule has 2 amide bonds. The Kier molecular flexibility index (Phi) is 7.06. The van der Waals surface area contributed by atoms with E-state index in [4.69, 9.17) is 13.9 Å². The minimum absolute atomic E-state index is 0.216. The fourth-order valence-electron chi connectivity index (χ4n) is 3.01. The molecule has 0 saturated carbocycles. The monoisotopic (exact) mass is 423 g/mol. The number of ether oxygens (including phenoxy) is 2. The van der Waals surface area contributed by atoms with Crippen LogP contribution >= 0.6 is 0 Å². The van der Waals surface area contributed by atoms with Crippen molar-refractivity contribution in [3.05, 3.63) is 59.6 Å². The van der Waals surface area contributed by atoms with E-state index in [1.54, 1.807) is 47.4 Å². The minimum Gasteiger partial charge on any atom is -0.497 e. The van der Waals surface area contributed by atoms with E-state index in [1.165, 1.54) is 24.3 Å². The number of furan rings is 1. The van der Waals surface area contributed by atoms with Gasteiger partial charge in [-0.2, -0.15) is 5.26 Å². The highest BCUT2D eigenvalue weighted by Crippen LogP contribution is 2.15. The molecule has 31 heavy (non-hydrogen) atoms. The van der Waals surface area contributed by atoms with Gasteiger partial charge in [0.25, 0.3) is 11.8 Å². The molecule has 1 aliphatic heterocycles. The Bertz CT molecular complexity index is 997. The number of carbonyl (C=O) groups excluding carboxylic acids is 3. The van der Waals surface area contributed by atoms with Crippen molar-refractivity contribution in [2.24, 2.45) is 0 Å². The van der Waals surface area contributed by atoms with Gasteiger partial charge in [0, 0.05) is 26.2 Å². The third-order valence-corrected chi connectivity index (χ3v) is 4.75. The summed E-state index contributed by atoms with van der Waals surface area (Å²) in [7, 11) is 1.54. The quantitative estimate of drug-likeness (QED) is 0.395. The standard InChI is InChI=1S/C22H21N3O6/c1-29-18-6-4-16(5-7-18)13-17(14-23)22(28)31-15-20(26)24-8-10-25(11-9-24)21(27)19-3-2-12-30-19/h2-7,12-13H,8-11,15H2,1H3. The third kappa shape index (κ3) is 5.51. The third-order valence-electron chi connectivity index (χ3n) is 4.75. The van der Waals surface area contributed by atoms with E-state index in [0.29, 0.717) is 37.5 Å². The van der Waals surface area contributed by atoms with Crippen molar-refractivity contribution in [2.45, 2.75) is 0 Å². The molecule has 1 fully saturated rings. The van der Waals surface area contributed by atoms with Gasteiger partial charge in [0.15, 0.2) is 12.4 Å². The maximum absolute atomic E-state index is 12.4. The Morgan fingerprint density at radius 1 is 1.10 bits per heavy atom. The van der Waals surface area contributed by atoms with E-state index in [9.17, 15) is 19.6 Å². The zero-order valence-electron chi connectivity index (χ0n) is 16.9. The number of amides is 2. The van der Waals surface area contributed by atoms with Crippen molar-refractivity contribution >= 4 is 23.9 Å². The van der Waals surface area contributed by atoms with Gasteiger partial charge in [-0.3, -0.25) is 9.59 Å². The molecule has 1 aliphatic rings. The highest BCUT2D eigenvalue weighted by Gasteiger charge is 2.26. The summed E-state index contributed by atoms with van der Waals surface area (Å²) in [5, 5.41) is 9.25. The maximum Gasteiger partial charge on any atom is 0.349 e. The van der Waals surface area contributed by atoms with Gasteiger partial charge in [-0.1, -0.05) is 12.1 Å². The van der Waals surface area contributed by atoms with Gasteiger partial charge >= 0.3 is 5.97 Å². The smallest absolute Gasteiger partial charge is 0.349 e. The van der Waals surface area contributed by atoms with Crippen LogP contribution in [-0.2, 0) is 14.3 Å². The molecule has 2 heterocycles. The average molecular weight is 423 g/mol. The molecule has 1 aromatic carbocycles. The number of piperazine rings is 1. The van der Waals surface area contributed by atoms with Crippen molar-refractivity contribution in [3.63, 3.8) is 0 Å². The summed E-state index contributed by atoms with van der Waals surface area (Å²) in [5.41, 5.74) is 0.407. The average Bonchev–Trinajstić information content (AvgIpc) is 3.36. The Morgan fingerprint density at radius 2 is 1.77 bits per heavy atom. The Morgan fingerprint density at radius 3 is 2.35 bits per heavy atom. The summed E-state index contributed by atoms with van der Waals surface area (Å²) in [6.45, 7) is 0.845. The summed E-state index contributed by atoms with van der Waals surface area (Å²) in [5.74, 6) is -0.597. The van der Waals surface area contributed by atoms with Crippen LogP contribution in [0.2, 0.25) is 0 Å². The number of rotatable bonds is 6. The Labute approximate surface area is 179 Å². The van der Waals surface area contributed by atoms with Crippen LogP contribution in [0.1, 0.15) is 16.1 Å². The molecule has 0 spiro atoms. The lowest BCUT2D eigenvalue weighted by Crippen LogP contribution is -2.51.